The van der Waals surface area contributed by atoms with Gasteiger partial charge in [0.15, 0.2) is 6.61 Å². The van der Waals surface area contributed by atoms with Crippen molar-refractivity contribution in [2.75, 3.05) is 11.9 Å². The molecule has 1 amide bonds. The Kier molecular flexibility index (Phi) is 7.15. The summed E-state index contributed by atoms with van der Waals surface area (Å²) in [6.07, 6.45) is 3.69. The number of para-hydroxylation sites is 1. The van der Waals surface area contributed by atoms with Crippen molar-refractivity contribution >= 4 is 51.7 Å². The number of anilines is 1. The SMILES string of the molecule is CCC(C)(C)C1CCc2nc3ccccc3c(C(=O)OCC(=O)Nc3ccc(Cl)cc3Cl)c2C1. The van der Waals surface area contributed by atoms with Gasteiger partial charge in [0.2, 0.25) is 0 Å². The fourth-order valence-corrected chi connectivity index (χ4v) is 5.01. The number of aromatic nitrogens is 1. The molecule has 0 radical (unpaired) electrons. The summed E-state index contributed by atoms with van der Waals surface area (Å²) in [4.78, 5) is 30.7. The zero-order chi connectivity index (χ0) is 24.5. The zero-order valence-electron chi connectivity index (χ0n) is 19.6. The first-order valence-corrected chi connectivity index (χ1v) is 12.3. The zero-order valence-corrected chi connectivity index (χ0v) is 21.1. The highest BCUT2D eigenvalue weighted by atomic mass is 35.5. The van der Waals surface area contributed by atoms with Crippen molar-refractivity contribution in [3.63, 3.8) is 0 Å². The van der Waals surface area contributed by atoms with Gasteiger partial charge in [-0.3, -0.25) is 9.78 Å². The summed E-state index contributed by atoms with van der Waals surface area (Å²) in [5.74, 6) is -0.549. The Balaban J connectivity index is 1.59. The normalized spacial score (nSPS) is 15.6. The molecule has 4 rings (SSSR count). The Bertz CT molecular complexity index is 1260. The topological polar surface area (TPSA) is 68.3 Å². The third-order valence-electron chi connectivity index (χ3n) is 7.02. The monoisotopic (exact) mass is 498 g/mol. The second-order valence-corrected chi connectivity index (χ2v) is 10.3. The molecule has 3 aromatic rings. The molecule has 1 aliphatic rings. The van der Waals surface area contributed by atoms with Crippen LogP contribution in [-0.4, -0.2) is 23.5 Å². The Morgan fingerprint density at radius 2 is 1.94 bits per heavy atom. The van der Waals surface area contributed by atoms with Gasteiger partial charge in [0.05, 0.1) is 21.8 Å². The Hall–Kier alpha value is -2.63. The number of carbonyl (C=O) groups excluding carboxylic acids is 2. The molecular formula is C27H28Cl2N2O3. The van der Waals surface area contributed by atoms with E-state index in [9.17, 15) is 9.59 Å². The summed E-state index contributed by atoms with van der Waals surface area (Å²) in [6, 6.07) is 12.4. The van der Waals surface area contributed by atoms with E-state index in [1.165, 1.54) is 6.07 Å². The van der Waals surface area contributed by atoms with Gasteiger partial charge < -0.3 is 10.1 Å². The number of benzene rings is 2. The summed E-state index contributed by atoms with van der Waals surface area (Å²) in [5, 5.41) is 4.19. The van der Waals surface area contributed by atoms with Crippen LogP contribution in [0.1, 0.15) is 55.2 Å². The van der Waals surface area contributed by atoms with Gasteiger partial charge in [0.25, 0.3) is 5.91 Å². The van der Waals surface area contributed by atoms with Crippen LogP contribution in [0.15, 0.2) is 42.5 Å². The van der Waals surface area contributed by atoms with Crippen molar-refractivity contribution in [3.05, 3.63) is 69.3 Å². The second-order valence-electron chi connectivity index (χ2n) is 9.46. The first kappa shape index (κ1) is 24.5. The second kappa shape index (κ2) is 9.93. The van der Waals surface area contributed by atoms with Crippen molar-refractivity contribution in [2.24, 2.45) is 11.3 Å². The van der Waals surface area contributed by atoms with Gasteiger partial charge in [0, 0.05) is 16.1 Å². The van der Waals surface area contributed by atoms with Gasteiger partial charge in [0.1, 0.15) is 0 Å². The number of nitrogens with one attached hydrogen (secondary N) is 1. The molecule has 1 atom stereocenters. The highest BCUT2D eigenvalue weighted by molar-refractivity contribution is 6.36. The molecule has 1 unspecified atom stereocenters. The molecule has 1 heterocycles. The van der Waals surface area contributed by atoms with E-state index in [1.807, 2.05) is 24.3 Å². The van der Waals surface area contributed by atoms with Gasteiger partial charge in [-0.1, -0.05) is 68.6 Å². The quantitative estimate of drug-likeness (QED) is 0.376. The summed E-state index contributed by atoms with van der Waals surface area (Å²) in [6.45, 7) is 6.34. The minimum Gasteiger partial charge on any atom is -0.452 e. The number of carbonyl (C=O) groups is 2. The molecule has 0 spiro atoms. The predicted molar refractivity (Wildman–Crippen MR) is 137 cm³/mol. The molecule has 0 fully saturated rings. The largest absolute Gasteiger partial charge is 0.452 e. The predicted octanol–water partition coefficient (Wildman–Crippen LogP) is 6.88. The average molecular weight is 499 g/mol. The fourth-order valence-electron chi connectivity index (χ4n) is 4.56. The maximum Gasteiger partial charge on any atom is 0.339 e. The third kappa shape index (κ3) is 5.06. The van der Waals surface area contributed by atoms with Crippen molar-refractivity contribution in [2.45, 2.75) is 46.5 Å². The van der Waals surface area contributed by atoms with E-state index in [0.29, 0.717) is 27.2 Å². The minimum atomic E-state index is -0.512. The van der Waals surface area contributed by atoms with Crippen LogP contribution in [0.4, 0.5) is 5.69 Å². The van der Waals surface area contributed by atoms with Gasteiger partial charge in [-0.25, -0.2) is 4.79 Å². The van der Waals surface area contributed by atoms with E-state index in [4.69, 9.17) is 32.9 Å². The smallest absolute Gasteiger partial charge is 0.339 e. The standard InChI is InChI=1S/C27H28Cl2N2O3/c1-4-27(2,3)16-9-11-22-19(13-16)25(18-7-5-6-8-21(18)30-22)26(33)34-15-24(32)31-23-12-10-17(28)14-20(23)29/h5-8,10,12,14,16H,4,9,11,13,15H2,1-3H3,(H,31,32). The van der Waals surface area contributed by atoms with Crippen molar-refractivity contribution in [3.8, 4) is 0 Å². The van der Waals surface area contributed by atoms with E-state index in [0.717, 1.165) is 47.8 Å². The molecule has 7 heteroatoms. The van der Waals surface area contributed by atoms with Crippen molar-refractivity contribution < 1.29 is 14.3 Å². The Morgan fingerprint density at radius 3 is 2.68 bits per heavy atom. The molecule has 0 aliphatic heterocycles. The van der Waals surface area contributed by atoms with Crippen LogP contribution in [0.2, 0.25) is 10.0 Å². The number of esters is 1. The third-order valence-corrected chi connectivity index (χ3v) is 7.57. The average Bonchev–Trinajstić information content (AvgIpc) is 2.82. The number of amides is 1. The number of aryl methyl sites for hydroxylation is 1. The lowest BCUT2D eigenvalue weighted by Crippen LogP contribution is -2.31. The van der Waals surface area contributed by atoms with Crippen LogP contribution < -0.4 is 5.32 Å². The molecule has 1 aliphatic carbocycles. The van der Waals surface area contributed by atoms with Crippen molar-refractivity contribution in [1.82, 2.24) is 4.98 Å². The molecule has 0 saturated carbocycles. The molecule has 0 saturated heterocycles. The van der Waals surface area contributed by atoms with Crippen LogP contribution in [0.5, 0.6) is 0 Å². The molecule has 1 aromatic heterocycles. The van der Waals surface area contributed by atoms with Crippen LogP contribution in [0, 0.1) is 11.3 Å². The fraction of sp³-hybridized carbons (Fsp3) is 0.370. The van der Waals surface area contributed by atoms with Crippen LogP contribution in [-0.2, 0) is 22.4 Å². The van der Waals surface area contributed by atoms with E-state index < -0.39 is 18.5 Å². The van der Waals surface area contributed by atoms with Gasteiger partial charge in [-0.15, -0.1) is 0 Å². The maximum absolute atomic E-state index is 13.4. The number of pyridine rings is 1. The molecule has 34 heavy (non-hydrogen) atoms. The number of hydrogen-bond donors (Lipinski definition) is 1. The lowest BCUT2D eigenvalue weighted by atomic mass is 9.68. The van der Waals surface area contributed by atoms with E-state index in [1.54, 1.807) is 12.1 Å². The first-order chi connectivity index (χ1) is 16.2. The summed E-state index contributed by atoms with van der Waals surface area (Å²) < 4.78 is 5.50. The van der Waals surface area contributed by atoms with E-state index >= 15 is 0 Å². The van der Waals surface area contributed by atoms with Crippen molar-refractivity contribution in [1.29, 1.82) is 0 Å². The minimum absolute atomic E-state index is 0.155. The van der Waals surface area contributed by atoms with Crippen LogP contribution >= 0.6 is 23.2 Å². The lowest BCUT2D eigenvalue weighted by molar-refractivity contribution is -0.119. The van der Waals surface area contributed by atoms with Gasteiger partial charge >= 0.3 is 5.97 Å². The number of halogens is 2. The highest BCUT2D eigenvalue weighted by Crippen LogP contribution is 2.41. The molecule has 178 valence electrons. The number of hydrogen-bond acceptors (Lipinski definition) is 4. The van der Waals surface area contributed by atoms with Crippen LogP contribution in [0.3, 0.4) is 0 Å². The molecule has 2 aromatic carbocycles. The molecule has 5 nitrogen and oxygen atoms in total. The number of ether oxygens (including phenoxy) is 1. The summed E-state index contributed by atoms with van der Waals surface area (Å²) in [7, 11) is 0. The van der Waals surface area contributed by atoms with E-state index in [-0.39, 0.29) is 5.41 Å². The van der Waals surface area contributed by atoms with E-state index in [2.05, 4.69) is 26.1 Å². The summed E-state index contributed by atoms with van der Waals surface area (Å²) in [5.41, 5.74) is 3.74. The van der Waals surface area contributed by atoms with Crippen LogP contribution in [0.25, 0.3) is 10.9 Å². The number of nitrogens with zero attached hydrogens (tertiary/aromatic N) is 1. The molecule has 0 bridgehead atoms. The summed E-state index contributed by atoms with van der Waals surface area (Å²) >= 11 is 12.0. The lowest BCUT2D eigenvalue weighted by Gasteiger charge is -2.37. The maximum atomic E-state index is 13.4. The Morgan fingerprint density at radius 1 is 1.18 bits per heavy atom. The Labute approximate surface area is 209 Å². The molecule has 1 N–H and O–H groups in total. The van der Waals surface area contributed by atoms with Gasteiger partial charge in [-0.2, -0.15) is 0 Å². The molecular weight excluding hydrogens is 471 g/mol. The number of rotatable bonds is 6. The number of fused-ring (bicyclic) bond motifs is 2. The van der Waals surface area contributed by atoms with Gasteiger partial charge in [-0.05, 0) is 60.4 Å². The first-order valence-electron chi connectivity index (χ1n) is 11.5. The highest BCUT2D eigenvalue weighted by Gasteiger charge is 2.34.